The van der Waals surface area contributed by atoms with Gasteiger partial charge in [-0.2, -0.15) is 0 Å². The minimum Gasteiger partial charge on any atom is -0.493 e. The molecular weight excluding hydrogens is 294 g/mol. The molecule has 0 N–H and O–H groups in total. The highest BCUT2D eigenvalue weighted by Gasteiger charge is 2.05. The van der Waals surface area contributed by atoms with Crippen molar-refractivity contribution < 1.29 is 9.47 Å². The van der Waals surface area contributed by atoms with Crippen molar-refractivity contribution in [1.82, 2.24) is 4.90 Å². The van der Waals surface area contributed by atoms with E-state index >= 15 is 0 Å². The van der Waals surface area contributed by atoms with E-state index in [1.165, 1.54) is 6.42 Å². The first kappa shape index (κ1) is 15.3. The van der Waals surface area contributed by atoms with Crippen molar-refractivity contribution in [3.63, 3.8) is 0 Å². The average molecular weight is 316 g/mol. The van der Waals surface area contributed by atoms with Gasteiger partial charge in [0, 0.05) is 18.4 Å². The second-order valence-corrected chi connectivity index (χ2v) is 4.82. The third-order valence-electron chi connectivity index (χ3n) is 2.67. The van der Waals surface area contributed by atoms with Crippen molar-refractivity contribution in [2.75, 3.05) is 38.7 Å². The Kier molecular flexibility index (Phi) is 7.85. The molecule has 0 saturated carbocycles. The lowest BCUT2D eigenvalue weighted by molar-refractivity contribution is 0.212. The summed E-state index contributed by atoms with van der Waals surface area (Å²) in [6.07, 6.45) is 1.17. The Morgan fingerprint density at radius 3 is 2.44 bits per heavy atom. The number of alkyl halides is 1. The van der Waals surface area contributed by atoms with Crippen LogP contribution in [0.25, 0.3) is 0 Å². The van der Waals surface area contributed by atoms with Crippen LogP contribution in [-0.2, 0) is 0 Å². The van der Waals surface area contributed by atoms with Gasteiger partial charge in [-0.3, -0.25) is 4.90 Å². The van der Waals surface area contributed by atoms with Crippen LogP contribution >= 0.6 is 15.9 Å². The highest BCUT2D eigenvalue weighted by atomic mass is 79.9. The number of ether oxygens (including phenoxy) is 2. The molecule has 0 heterocycles. The number of hydrogen-bond donors (Lipinski definition) is 0. The molecule has 1 rings (SSSR count). The molecule has 1 aromatic rings. The first-order valence-corrected chi connectivity index (χ1v) is 7.48. The number of nitrogens with zero attached hydrogens (tertiary/aromatic N) is 1. The Hall–Kier alpha value is -0.740. The molecule has 0 radical (unpaired) electrons. The molecule has 0 atom stereocenters. The number of halogens is 1. The van der Waals surface area contributed by atoms with E-state index in [2.05, 4.69) is 27.8 Å². The Labute approximate surface area is 118 Å². The molecule has 0 aliphatic carbocycles. The fourth-order valence-electron chi connectivity index (χ4n) is 1.79. The zero-order chi connectivity index (χ0) is 13.2. The van der Waals surface area contributed by atoms with Gasteiger partial charge < -0.3 is 9.47 Å². The Morgan fingerprint density at radius 1 is 1.11 bits per heavy atom. The van der Waals surface area contributed by atoms with Crippen LogP contribution < -0.4 is 9.47 Å². The minimum absolute atomic E-state index is 0.688. The van der Waals surface area contributed by atoms with Crippen molar-refractivity contribution in [2.24, 2.45) is 0 Å². The third kappa shape index (κ3) is 5.27. The standard InChI is InChI=1S/C14H22BrNO2/c1-3-9-16(10-8-15)11-12-18-14-7-5-4-6-13(14)17-2/h4-7H,3,8-12H2,1-2H3. The quantitative estimate of drug-likeness (QED) is 0.653. The second-order valence-electron chi connectivity index (χ2n) is 4.03. The van der Waals surface area contributed by atoms with Gasteiger partial charge in [-0.1, -0.05) is 35.0 Å². The van der Waals surface area contributed by atoms with Gasteiger partial charge in [-0.15, -0.1) is 0 Å². The van der Waals surface area contributed by atoms with Crippen LogP contribution in [0.1, 0.15) is 13.3 Å². The molecule has 3 nitrogen and oxygen atoms in total. The van der Waals surface area contributed by atoms with Crippen molar-refractivity contribution in [2.45, 2.75) is 13.3 Å². The molecule has 0 aliphatic rings. The highest BCUT2D eigenvalue weighted by molar-refractivity contribution is 9.09. The van der Waals surface area contributed by atoms with E-state index in [0.29, 0.717) is 6.61 Å². The number of hydrogen-bond acceptors (Lipinski definition) is 3. The summed E-state index contributed by atoms with van der Waals surface area (Å²) in [6.45, 7) is 6.00. The van der Waals surface area contributed by atoms with Crippen molar-refractivity contribution in [1.29, 1.82) is 0 Å². The van der Waals surface area contributed by atoms with Crippen LogP contribution in [0.4, 0.5) is 0 Å². The Morgan fingerprint density at radius 2 is 1.83 bits per heavy atom. The second kappa shape index (κ2) is 9.22. The van der Waals surface area contributed by atoms with Crippen molar-refractivity contribution >= 4 is 15.9 Å². The molecule has 0 bridgehead atoms. The monoisotopic (exact) mass is 315 g/mol. The van der Waals surface area contributed by atoms with E-state index in [1.54, 1.807) is 7.11 Å². The van der Waals surface area contributed by atoms with Gasteiger partial charge in [-0.25, -0.2) is 0 Å². The topological polar surface area (TPSA) is 21.7 Å². The van der Waals surface area contributed by atoms with E-state index in [0.717, 1.165) is 36.5 Å². The molecule has 102 valence electrons. The predicted molar refractivity (Wildman–Crippen MR) is 79.0 cm³/mol. The van der Waals surface area contributed by atoms with E-state index < -0.39 is 0 Å². The summed E-state index contributed by atoms with van der Waals surface area (Å²) in [5.41, 5.74) is 0. The largest absolute Gasteiger partial charge is 0.493 e. The van der Waals surface area contributed by atoms with Crippen LogP contribution in [0.15, 0.2) is 24.3 Å². The third-order valence-corrected chi connectivity index (χ3v) is 3.03. The van der Waals surface area contributed by atoms with Crippen LogP contribution in [-0.4, -0.2) is 43.6 Å². The van der Waals surface area contributed by atoms with Gasteiger partial charge in [0.1, 0.15) is 6.61 Å². The van der Waals surface area contributed by atoms with Crippen LogP contribution in [0, 0.1) is 0 Å². The molecular formula is C14H22BrNO2. The van der Waals surface area contributed by atoms with Crippen molar-refractivity contribution in [3.8, 4) is 11.5 Å². The molecule has 0 fully saturated rings. The lowest BCUT2D eigenvalue weighted by atomic mass is 10.3. The first-order chi connectivity index (χ1) is 8.81. The summed E-state index contributed by atoms with van der Waals surface area (Å²) >= 11 is 3.48. The predicted octanol–water partition coefficient (Wildman–Crippen LogP) is 3.18. The van der Waals surface area contributed by atoms with E-state index in [4.69, 9.17) is 9.47 Å². The van der Waals surface area contributed by atoms with Gasteiger partial charge >= 0.3 is 0 Å². The number of para-hydroxylation sites is 2. The van der Waals surface area contributed by atoms with Crippen LogP contribution in [0.2, 0.25) is 0 Å². The average Bonchev–Trinajstić information content (AvgIpc) is 2.40. The maximum atomic E-state index is 5.77. The molecule has 18 heavy (non-hydrogen) atoms. The Balaban J connectivity index is 2.39. The molecule has 0 aromatic heterocycles. The first-order valence-electron chi connectivity index (χ1n) is 6.36. The fourth-order valence-corrected chi connectivity index (χ4v) is 2.30. The molecule has 0 unspecified atom stereocenters. The van der Waals surface area contributed by atoms with Crippen LogP contribution in [0.3, 0.4) is 0 Å². The SMILES string of the molecule is CCCN(CCBr)CCOc1ccccc1OC. The lowest BCUT2D eigenvalue weighted by Gasteiger charge is -2.20. The molecule has 0 amide bonds. The minimum atomic E-state index is 0.688. The maximum absolute atomic E-state index is 5.77. The summed E-state index contributed by atoms with van der Waals surface area (Å²) < 4.78 is 11.0. The fraction of sp³-hybridized carbons (Fsp3) is 0.571. The van der Waals surface area contributed by atoms with Gasteiger partial charge in [0.15, 0.2) is 11.5 Å². The maximum Gasteiger partial charge on any atom is 0.161 e. The molecule has 0 saturated heterocycles. The van der Waals surface area contributed by atoms with E-state index in [-0.39, 0.29) is 0 Å². The van der Waals surface area contributed by atoms with Gasteiger partial charge in [0.25, 0.3) is 0 Å². The van der Waals surface area contributed by atoms with E-state index in [9.17, 15) is 0 Å². The highest BCUT2D eigenvalue weighted by Crippen LogP contribution is 2.25. The summed E-state index contributed by atoms with van der Waals surface area (Å²) in [4.78, 5) is 2.39. The molecule has 4 heteroatoms. The lowest BCUT2D eigenvalue weighted by Crippen LogP contribution is -2.31. The van der Waals surface area contributed by atoms with Crippen LogP contribution in [0.5, 0.6) is 11.5 Å². The molecule has 0 spiro atoms. The van der Waals surface area contributed by atoms with Gasteiger partial charge in [0.05, 0.1) is 7.11 Å². The zero-order valence-corrected chi connectivity index (χ0v) is 12.8. The van der Waals surface area contributed by atoms with Gasteiger partial charge in [0.2, 0.25) is 0 Å². The van der Waals surface area contributed by atoms with Crippen molar-refractivity contribution in [3.05, 3.63) is 24.3 Å². The number of rotatable bonds is 9. The smallest absolute Gasteiger partial charge is 0.161 e. The zero-order valence-electron chi connectivity index (χ0n) is 11.2. The van der Waals surface area contributed by atoms with E-state index in [1.807, 2.05) is 24.3 Å². The summed E-state index contributed by atoms with van der Waals surface area (Å²) in [6, 6.07) is 7.76. The Bertz CT molecular complexity index is 327. The number of methoxy groups -OCH3 is 1. The molecule has 0 aliphatic heterocycles. The summed E-state index contributed by atoms with van der Waals surface area (Å²) in [5, 5.41) is 1.00. The normalized spacial score (nSPS) is 10.7. The molecule has 1 aromatic carbocycles. The summed E-state index contributed by atoms with van der Waals surface area (Å²) in [5.74, 6) is 1.61. The summed E-state index contributed by atoms with van der Waals surface area (Å²) in [7, 11) is 1.66. The number of benzene rings is 1. The van der Waals surface area contributed by atoms with Gasteiger partial charge in [-0.05, 0) is 25.1 Å².